The van der Waals surface area contributed by atoms with Crippen molar-refractivity contribution < 1.29 is 66.5 Å². The van der Waals surface area contributed by atoms with Crippen LogP contribution in [0, 0.1) is 0 Å². The van der Waals surface area contributed by atoms with Gasteiger partial charge in [-0.1, -0.05) is 97.1 Å². The highest BCUT2D eigenvalue weighted by Crippen LogP contribution is 2.45. The molecule has 0 amide bonds. The molecule has 0 aliphatic carbocycles. The molecule has 22 rings (SSSR count). The Labute approximate surface area is 746 Å². The minimum atomic E-state index is -0.942. The Morgan fingerprint density at radius 3 is 0.523 bits per heavy atom. The van der Waals surface area contributed by atoms with Gasteiger partial charge in [-0.3, -0.25) is 0 Å². The summed E-state index contributed by atoms with van der Waals surface area (Å²) < 4.78 is 62.8. The number of esters is 4. The van der Waals surface area contributed by atoms with Crippen LogP contribution in [0.2, 0.25) is 0 Å². The molecule has 22 nitrogen and oxygen atoms in total. The number of carbonyl (C=O) groups excluding carboxylic acids is 4. The Morgan fingerprint density at radius 2 is 0.354 bits per heavy atom. The van der Waals surface area contributed by atoms with Crippen molar-refractivity contribution in [2.45, 2.75) is 51.4 Å². The molecule has 0 saturated heterocycles. The Kier molecular flexibility index (Phi) is 22.3. The molecule has 0 unspecified atom stereocenters. The third-order valence-corrected chi connectivity index (χ3v) is 23.5. The van der Waals surface area contributed by atoms with E-state index in [1.54, 1.807) is 24.3 Å². The van der Waals surface area contributed by atoms with Gasteiger partial charge in [-0.25, -0.2) is 39.1 Å². The van der Waals surface area contributed by atoms with Crippen molar-refractivity contribution in [3.05, 3.63) is 288 Å². The standard InChI is InChI=1S/C108H84N8O14/c117-97-61-125-77-29-13-21-69(57-77)105-89-41-33-81(109-89)101-65-17-9-25-73(53-65)121-49-5-1-2-6-50-122-74-26-10-18-66(54-74)102-83-35-43-91(111-83)107(71-23-15-31-79(59-71)127-63-99(119)129-97)95-47-39-87(115-95)104-68-20-12-28-76(56-68)124-52-8-4-3-7-51-123-75-27-11-19-67(55-75)103(85-37-45-93(105)113-85)86-38-46-94(114-86)106(90-42-34-82(101)110-90)70-22-14-30-78(58-70)126-62-98(118)130-100(120)64-128-80-32-16-24-72(60-80)108(92-44-36-84(102)112-92)96-48-40-88(104)116-96/h9-48,53-60,109,111,114,116H,1-8,49-52,61-64H2. The van der Waals surface area contributed by atoms with Crippen LogP contribution in [0.5, 0.6) is 46.0 Å². The molecule has 0 radical (unpaired) electrons. The Bertz CT molecular complexity index is 6540. The van der Waals surface area contributed by atoms with Crippen molar-refractivity contribution in [2.75, 3.05) is 52.9 Å². The van der Waals surface area contributed by atoms with Gasteiger partial charge in [0.2, 0.25) is 0 Å². The molecule has 8 aliphatic heterocycles. The summed E-state index contributed by atoms with van der Waals surface area (Å²) in [5.74, 6) is 0.122. The highest BCUT2D eigenvalue weighted by Gasteiger charge is 2.27. The quantitative estimate of drug-likeness (QED) is 0.0624. The van der Waals surface area contributed by atoms with Crippen LogP contribution in [-0.2, 0) is 28.7 Å². The monoisotopic (exact) mass is 1720 g/mol. The first-order chi connectivity index (χ1) is 64.0. The minimum Gasteiger partial charge on any atom is -0.494 e. The van der Waals surface area contributed by atoms with Gasteiger partial charge in [-0.2, -0.15) is 0 Å². The third kappa shape index (κ3) is 17.2. The van der Waals surface area contributed by atoms with Crippen LogP contribution in [0.4, 0.5) is 0 Å². The number of benzene rings is 8. The highest BCUT2D eigenvalue weighted by atomic mass is 16.6. The predicted octanol–water partition coefficient (Wildman–Crippen LogP) is 23.0. The molecule has 40 bridgehead atoms. The fourth-order valence-corrected chi connectivity index (χ4v) is 17.6. The molecule has 22 heteroatoms. The zero-order valence-electron chi connectivity index (χ0n) is 70.5. The van der Waals surface area contributed by atoms with Crippen LogP contribution in [0.1, 0.15) is 96.9 Å². The van der Waals surface area contributed by atoms with Crippen LogP contribution in [0.15, 0.2) is 243 Å². The van der Waals surface area contributed by atoms with E-state index in [9.17, 15) is 19.2 Å². The first-order valence-corrected chi connectivity index (χ1v) is 43.6. The van der Waals surface area contributed by atoms with E-state index in [1.807, 2.05) is 267 Å². The lowest BCUT2D eigenvalue weighted by Gasteiger charge is -2.11. The average molecular weight is 1720 g/mol. The third-order valence-electron chi connectivity index (χ3n) is 23.5. The van der Waals surface area contributed by atoms with E-state index in [-0.39, 0.29) is 0 Å². The Morgan fingerprint density at radius 1 is 0.192 bits per heavy atom. The van der Waals surface area contributed by atoms with Crippen molar-refractivity contribution in [3.63, 3.8) is 0 Å². The van der Waals surface area contributed by atoms with E-state index in [1.165, 1.54) is 0 Å². The van der Waals surface area contributed by atoms with E-state index >= 15 is 0 Å². The van der Waals surface area contributed by atoms with Gasteiger partial charge < -0.3 is 67.3 Å². The van der Waals surface area contributed by atoms with Crippen LogP contribution in [0.3, 0.4) is 0 Å². The number of carbonyl (C=O) groups is 4. The SMILES string of the molecule is O=C1COc2cccc(c2)-c2c3nc(c4c5ccc([nH]5)c5c6nc(c(c7ccc2[nH]7)-c2cccc(c2)OCCCCCCOc2cccc(c2)-c2c7nc(c(c8ccc([nH]8)c(c8nc(c(c9ccc2[nH]9)-c2cccc(c2)OCC(=O)O1)C=C8)-c1cccc(c1)OCCCCCCOc1cccc-4c1)-c1cccc(c1)OCC(=O)OC(=O)COc1cccc-5c1)C=C7)C=C6)C=C3. The van der Waals surface area contributed by atoms with Gasteiger partial charge in [0.05, 0.1) is 72.0 Å². The van der Waals surface area contributed by atoms with Gasteiger partial charge in [0.25, 0.3) is 0 Å². The van der Waals surface area contributed by atoms with Crippen molar-refractivity contribution in [3.8, 4) is 135 Å². The summed E-state index contributed by atoms with van der Waals surface area (Å²) >= 11 is 0. The van der Waals surface area contributed by atoms with Crippen LogP contribution >= 0.6 is 0 Å². The van der Waals surface area contributed by atoms with E-state index in [0.29, 0.717) is 207 Å². The molecule has 0 spiro atoms. The molecule has 0 atom stereocenters. The maximum Gasteiger partial charge on any atom is 0.351 e. The second-order valence-electron chi connectivity index (χ2n) is 32.3. The summed E-state index contributed by atoms with van der Waals surface area (Å²) in [4.78, 5) is 93.7. The van der Waals surface area contributed by atoms with Gasteiger partial charge in [0.15, 0.2) is 26.4 Å². The normalized spacial score (nSPS) is 14.8. The number of aromatic amines is 4. The van der Waals surface area contributed by atoms with Crippen molar-refractivity contribution in [1.82, 2.24) is 39.9 Å². The fraction of sp³-hybridized carbons (Fsp3) is 0.148. The summed E-state index contributed by atoms with van der Waals surface area (Å²) in [5, 5.41) is 0. The maximum absolute atomic E-state index is 14.0. The van der Waals surface area contributed by atoms with Crippen molar-refractivity contribution in [1.29, 1.82) is 0 Å². The highest BCUT2D eigenvalue weighted by molar-refractivity contribution is 6.04. The summed E-state index contributed by atoms with van der Waals surface area (Å²) in [6, 6.07) is 77.7. The molecule has 14 aromatic rings. The van der Waals surface area contributed by atoms with Gasteiger partial charge in [-0.05, 0) is 290 Å². The lowest BCUT2D eigenvalue weighted by atomic mass is 10.0. The number of fused-ring (bicyclic) bond motifs is 26. The first-order valence-electron chi connectivity index (χ1n) is 43.6. The molecule has 4 N–H and O–H groups in total. The molecule has 8 aliphatic rings. The lowest BCUT2D eigenvalue weighted by Crippen LogP contribution is -2.23. The van der Waals surface area contributed by atoms with E-state index in [2.05, 4.69) is 19.9 Å². The maximum atomic E-state index is 14.0. The van der Waals surface area contributed by atoms with Gasteiger partial charge in [0, 0.05) is 88.6 Å². The van der Waals surface area contributed by atoms with E-state index < -0.39 is 50.3 Å². The molecule has 130 heavy (non-hydrogen) atoms. The summed E-state index contributed by atoms with van der Waals surface area (Å²) in [7, 11) is 0. The van der Waals surface area contributed by atoms with Gasteiger partial charge in [-0.15, -0.1) is 0 Å². The molecule has 8 aromatic carbocycles. The summed E-state index contributed by atoms with van der Waals surface area (Å²) in [6.45, 7) is -0.688. The molecule has 0 fully saturated rings. The number of aromatic nitrogens is 8. The number of H-pyrrole nitrogens is 4. The first kappa shape index (κ1) is 80.7. The molecule has 14 heterocycles. The number of ether oxygens (including phenoxy) is 10. The lowest BCUT2D eigenvalue weighted by molar-refractivity contribution is -0.164. The predicted molar refractivity (Wildman–Crippen MR) is 504 cm³/mol. The van der Waals surface area contributed by atoms with E-state index in [0.717, 1.165) is 95.9 Å². The Hall–Kier alpha value is -16.4. The van der Waals surface area contributed by atoms with E-state index in [4.69, 9.17) is 67.3 Å². The van der Waals surface area contributed by atoms with Crippen LogP contribution in [0.25, 0.3) is 182 Å². The van der Waals surface area contributed by atoms with Crippen LogP contribution < -0.4 is 37.9 Å². The minimum absolute atomic E-state index is 0.307. The number of hydrogen-bond donors (Lipinski definition) is 4. The second-order valence-corrected chi connectivity index (χ2v) is 32.3. The molecular formula is C108H84N8O14. The van der Waals surface area contributed by atoms with Crippen LogP contribution in [-0.4, -0.2) is 117 Å². The van der Waals surface area contributed by atoms with Gasteiger partial charge >= 0.3 is 23.9 Å². The number of nitrogens with one attached hydrogen (secondary N) is 4. The number of rotatable bonds is 0. The Balaban J connectivity index is 0.791. The van der Waals surface area contributed by atoms with Crippen molar-refractivity contribution in [2.24, 2.45) is 0 Å². The topological polar surface area (TPSA) is 275 Å². The number of hydrogen-bond acceptors (Lipinski definition) is 18. The zero-order chi connectivity index (χ0) is 87.4. The molecular weight excluding hydrogens is 1630 g/mol. The summed E-state index contributed by atoms with van der Waals surface area (Å²) in [5.41, 5.74) is 22.1. The fourth-order valence-electron chi connectivity index (χ4n) is 17.6. The zero-order valence-corrected chi connectivity index (χ0v) is 70.5. The number of nitrogens with zero attached hydrogens (tertiary/aromatic N) is 4. The second kappa shape index (κ2) is 35.9. The average Bonchev–Trinajstić information content (AvgIpc) is 1.62. The summed E-state index contributed by atoms with van der Waals surface area (Å²) in [6.07, 6.45) is 22.6. The molecule has 0 saturated carbocycles. The molecule has 6 aromatic heterocycles. The largest absolute Gasteiger partial charge is 0.494 e. The molecule has 640 valence electrons. The van der Waals surface area contributed by atoms with Crippen molar-refractivity contribution >= 4 is 117 Å². The van der Waals surface area contributed by atoms with Gasteiger partial charge in [0.1, 0.15) is 46.0 Å². The smallest absolute Gasteiger partial charge is 0.351 e.